The molecule has 0 bridgehead atoms. The Balaban J connectivity index is 1.71. The molecule has 0 atom stereocenters. The number of hydrogen-bond donors (Lipinski definition) is 1. The first-order chi connectivity index (χ1) is 17.1. The predicted molar refractivity (Wildman–Crippen MR) is 130 cm³/mol. The van der Waals surface area contributed by atoms with Crippen molar-refractivity contribution in [3.8, 4) is 17.2 Å². The number of phenolic OH excluding ortho intramolecular Hbond substituents is 1. The van der Waals surface area contributed by atoms with Crippen LogP contribution in [0.4, 0.5) is 13.2 Å². The lowest BCUT2D eigenvalue weighted by Gasteiger charge is -2.15. The van der Waals surface area contributed by atoms with Gasteiger partial charge in [0.15, 0.2) is 5.76 Å². The van der Waals surface area contributed by atoms with Crippen molar-refractivity contribution in [1.82, 2.24) is 9.55 Å². The molecule has 5 aromatic rings. The van der Waals surface area contributed by atoms with Crippen LogP contribution in [0.25, 0.3) is 22.4 Å². The fourth-order valence-electron chi connectivity index (χ4n) is 4.07. The monoisotopic (exact) mass is 530 g/mol. The molecule has 0 radical (unpaired) electrons. The number of fused-ring (bicyclic) bond motifs is 1. The van der Waals surface area contributed by atoms with Crippen molar-refractivity contribution in [2.45, 2.75) is 12.7 Å². The number of carbonyl (C=O) groups excluding carboxylic acids is 1. The number of alkyl halides is 3. The fourth-order valence-corrected chi connectivity index (χ4v) is 4.54. The molecule has 0 fully saturated rings. The van der Waals surface area contributed by atoms with E-state index in [1.807, 2.05) is 0 Å². The number of oxazole rings is 1. The molecule has 0 spiro atoms. The van der Waals surface area contributed by atoms with Gasteiger partial charge in [0, 0.05) is 33.1 Å². The van der Waals surface area contributed by atoms with E-state index in [1.54, 1.807) is 30.3 Å². The third-order valence-electron chi connectivity index (χ3n) is 5.64. The van der Waals surface area contributed by atoms with Crippen LogP contribution >= 0.6 is 23.2 Å². The van der Waals surface area contributed by atoms with Crippen LogP contribution in [0.2, 0.25) is 10.0 Å². The number of aromatic hydroxyl groups is 1. The van der Waals surface area contributed by atoms with E-state index >= 15 is 0 Å². The Labute approximate surface area is 212 Å². The van der Waals surface area contributed by atoms with E-state index in [1.165, 1.54) is 30.3 Å². The highest BCUT2D eigenvalue weighted by atomic mass is 35.5. The molecule has 5 rings (SSSR count). The van der Waals surface area contributed by atoms with Gasteiger partial charge in [0.1, 0.15) is 11.4 Å². The summed E-state index contributed by atoms with van der Waals surface area (Å²) in [5.74, 6) is -1.60. The molecule has 2 heterocycles. The van der Waals surface area contributed by atoms with Crippen molar-refractivity contribution in [1.29, 1.82) is 0 Å². The maximum absolute atomic E-state index is 14.5. The van der Waals surface area contributed by atoms with Crippen LogP contribution < -0.4 is 0 Å². The minimum atomic E-state index is -4.93. The van der Waals surface area contributed by atoms with Gasteiger partial charge >= 0.3 is 6.18 Å². The first-order valence-electron chi connectivity index (χ1n) is 10.6. The van der Waals surface area contributed by atoms with E-state index in [-0.39, 0.29) is 39.9 Å². The molecule has 0 amide bonds. The van der Waals surface area contributed by atoms with Crippen LogP contribution in [0.5, 0.6) is 5.75 Å². The van der Waals surface area contributed by atoms with Crippen LogP contribution in [-0.4, -0.2) is 20.4 Å². The van der Waals surface area contributed by atoms with E-state index < -0.39 is 23.2 Å². The third kappa shape index (κ3) is 4.34. The molecule has 0 aliphatic carbocycles. The van der Waals surface area contributed by atoms with Gasteiger partial charge in [-0.2, -0.15) is 13.2 Å². The highest BCUT2D eigenvalue weighted by molar-refractivity contribution is 6.35. The number of carbonyl (C=O) groups is 1. The van der Waals surface area contributed by atoms with Crippen LogP contribution in [0.3, 0.4) is 0 Å². The summed E-state index contributed by atoms with van der Waals surface area (Å²) in [6.07, 6.45) is -3.84. The van der Waals surface area contributed by atoms with Gasteiger partial charge in [-0.05, 0) is 48.0 Å². The van der Waals surface area contributed by atoms with Gasteiger partial charge in [-0.25, -0.2) is 4.98 Å². The lowest BCUT2D eigenvalue weighted by molar-refractivity contribution is -0.143. The summed E-state index contributed by atoms with van der Waals surface area (Å²) in [6.45, 7) is -0.301. The molecule has 1 N–H and O–H groups in total. The predicted octanol–water partition coefficient (Wildman–Crippen LogP) is 7.61. The number of rotatable bonds is 5. The lowest BCUT2D eigenvalue weighted by atomic mass is 10.0. The molecule has 10 heteroatoms. The average molecular weight is 531 g/mol. The van der Waals surface area contributed by atoms with Crippen molar-refractivity contribution in [3.63, 3.8) is 0 Å². The van der Waals surface area contributed by atoms with Crippen LogP contribution in [0.1, 0.15) is 27.4 Å². The summed E-state index contributed by atoms with van der Waals surface area (Å²) in [6, 6.07) is 16.8. The summed E-state index contributed by atoms with van der Waals surface area (Å²) in [4.78, 5) is 17.6. The van der Waals surface area contributed by atoms with E-state index in [0.29, 0.717) is 16.1 Å². The highest BCUT2D eigenvalue weighted by Gasteiger charge is 2.42. The Kier molecular flexibility index (Phi) is 6.02. The number of ketones is 1. The topological polar surface area (TPSA) is 68.3 Å². The molecule has 0 saturated heterocycles. The number of halogens is 5. The summed E-state index contributed by atoms with van der Waals surface area (Å²) < 4.78 is 50.1. The summed E-state index contributed by atoms with van der Waals surface area (Å²) >= 11 is 12.2. The second kappa shape index (κ2) is 9.04. The summed E-state index contributed by atoms with van der Waals surface area (Å²) in [5, 5.41) is 10.5. The first-order valence-corrected chi connectivity index (χ1v) is 11.3. The number of benzene rings is 3. The van der Waals surface area contributed by atoms with E-state index in [9.17, 15) is 23.1 Å². The highest BCUT2D eigenvalue weighted by Crippen LogP contribution is 2.41. The molecular formula is C26H15Cl2F3N2O3. The molecule has 182 valence electrons. The van der Waals surface area contributed by atoms with E-state index in [0.717, 1.165) is 16.8 Å². The maximum Gasteiger partial charge on any atom is 0.432 e. The van der Waals surface area contributed by atoms with Crippen molar-refractivity contribution in [2.24, 2.45) is 0 Å². The maximum atomic E-state index is 14.5. The zero-order chi connectivity index (χ0) is 25.6. The summed E-state index contributed by atoms with van der Waals surface area (Å²) in [5.41, 5.74) is -0.852. The Hall–Kier alpha value is -3.75. The second-order valence-corrected chi connectivity index (χ2v) is 8.81. The molecule has 0 saturated carbocycles. The van der Waals surface area contributed by atoms with Gasteiger partial charge in [0.05, 0.1) is 11.8 Å². The smallest absolute Gasteiger partial charge is 0.432 e. The molecular weight excluding hydrogens is 516 g/mol. The average Bonchev–Trinajstić information content (AvgIpc) is 3.44. The van der Waals surface area contributed by atoms with Gasteiger partial charge in [-0.1, -0.05) is 47.5 Å². The van der Waals surface area contributed by atoms with Gasteiger partial charge in [-0.15, -0.1) is 0 Å². The van der Waals surface area contributed by atoms with Gasteiger partial charge in [0.2, 0.25) is 11.7 Å². The van der Waals surface area contributed by atoms with Crippen LogP contribution in [-0.2, 0) is 12.7 Å². The quantitative estimate of drug-likeness (QED) is 0.237. The zero-order valence-electron chi connectivity index (χ0n) is 18.2. The molecule has 0 aliphatic heterocycles. The van der Waals surface area contributed by atoms with Crippen molar-refractivity contribution in [2.75, 3.05) is 0 Å². The molecule has 3 aromatic carbocycles. The summed E-state index contributed by atoms with van der Waals surface area (Å²) in [7, 11) is 0. The Bertz CT molecular complexity index is 1610. The van der Waals surface area contributed by atoms with Gasteiger partial charge < -0.3 is 14.1 Å². The fraction of sp³-hybridized carbons (Fsp3) is 0.0769. The number of hydrogen-bond acceptors (Lipinski definition) is 4. The van der Waals surface area contributed by atoms with Gasteiger partial charge in [-0.3, -0.25) is 4.79 Å². The van der Waals surface area contributed by atoms with Crippen LogP contribution in [0, 0.1) is 0 Å². The largest absolute Gasteiger partial charge is 0.508 e. The van der Waals surface area contributed by atoms with Crippen molar-refractivity contribution >= 4 is 39.9 Å². The minimum Gasteiger partial charge on any atom is -0.508 e. The number of phenols is 1. The Morgan fingerprint density at radius 2 is 1.78 bits per heavy atom. The normalized spacial score (nSPS) is 11.8. The lowest BCUT2D eigenvalue weighted by Crippen LogP contribution is -2.18. The van der Waals surface area contributed by atoms with E-state index in [2.05, 4.69) is 4.98 Å². The van der Waals surface area contributed by atoms with Crippen LogP contribution in [0.15, 0.2) is 77.3 Å². The Morgan fingerprint density at radius 3 is 2.47 bits per heavy atom. The third-order valence-corrected chi connectivity index (χ3v) is 6.22. The molecule has 2 aromatic heterocycles. The van der Waals surface area contributed by atoms with E-state index in [4.69, 9.17) is 27.6 Å². The SMILES string of the molecule is O=C(c1cnc(-c2ccccc2)o1)c1c(C(F)(F)F)n(Cc2ccc(Cl)cc2Cl)c2ccc(O)cc12. The van der Waals surface area contributed by atoms with Crippen molar-refractivity contribution in [3.05, 3.63) is 106 Å². The van der Waals surface area contributed by atoms with Gasteiger partial charge in [0.25, 0.3) is 0 Å². The van der Waals surface area contributed by atoms with Crippen molar-refractivity contribution < 1.29 is 27.5 Å². The molecule has 36 heavy (non-hydrogen) atoms. The number of aromatic nitrogens is 2. The molecule has 0 unspecified atom stereocenters. The second-order valence-electron chi connectivity index (χ2n) is 7.97. The minimum absolute atomic E-state index is 0.0808. The standard InChI is InChI=1S/C26H15Cl2F3N2O3/c27-16-7-6-15(19(28)10-16)13-33-20-9-8-17(34)11-18(20)22(24(33)26(29,30)31)23(35)21-12-32-25(36-21)14-4-2-1-3-5-14/h1-12,34H,13H2. The molecule has 0 aliphatic rings. The number of nitrogens with zero attached hydrogens (tertiary/aromatic N) is 2. The Morgan fingerprint density at radius 1 is 1.03 bits per heavy atom. The molecule has 5 nitrogen and oxygen atoms in total. The first kappa shape index (κ1) is 24.0. The zero-order valence-corrected chi connectivity index (χ0v) is 19.7.